The minimum absolute atomic E-state index is 0.487. The lowest BCUT2D eigenvalue weighted by Gasteiger charge is -2.08. The first-order valence-electron chi connectivity index (χ1n) is 8.03. The second kappa shape index (κ2) is 6.90. The minimum Gasteiger partial charge on any atom is -0.372 e. The van der Waals surface area contributed by atoms with Gasteiger partial charge in [-0.2, -0.15) is 0 Å². The van der Waals surface area contributed by atoms with Crippen LogP contribution in [0.3, 0.4) is 0 Å². The van der Waals surface area contributed by atoms with Crippen LogP contribution in [0.1, 0.15) is 49.5 Å². The van der Waals surface area contributed by atoms with Gasteiger partial charge in [0, 0.05) is 17.0 Å². The molecule has 0 N–H and O–H groups in total. The number of hydrogen-bond acceptors (Lipinski definition) is 3. The van der Waals surface area contributed by atoms with Gasteiger partial charge in [0.15, 0.2) is 0 Å². The molecule has 0 aliphatic heterocycles. The Morgan fingerprint density at radius 3 is 2.83 bits per heavy atom. The molecule has 0 bridgehead atoms. The van der Waals surface area contributed by atoms with Crippen LogP contribution in [0.15, 0.2) is 34.4 Å². The van der Waals surface area contributed by atoms with Crippen LogP contribution >= 0.6 is 11.6 Å². The Kier molecular flexibility index (Phi) is 4.88. The Hall–Kier alpha value is -1.58. The van der Waals surface area contributed by atoms with Gasteiger partial charge < -0.3 is 9.26 Å². The molecule has 1 aliphatic rings. The summed E-state index contributed by atoms with van der Waals surface area (Å²) in [6, 6.07) is 5.89. The van der Waals surface area contributed by atoms with E-state index in [0.717, 1.165) is 41.0 Å². The standard InChI is InChI=1S/C19H22ClNO2/c1-12(2)9-10-22-11-15-18(21-23-19(15)14-7-8-14)17-13(3)5-4-6-16(17)20/h4-6,9,14H,7-8,10-11H2,1-3H3. The quantitative estimate of drug-likeness (QED) is 0.505. The minimum atomic E-state index is 0.487. The second-order valence-electron chi connectivity index (χ2n) is 6.38. The summed E-state index contributed by atoms with van der Waals surface area (Å²) in [5.41, 5.74) is 5.17. The third kappa shape index (κ3) is 3.67. The molecule has 1 heterocycles. The molecule has 1 fully saturated rings. The largest absolute Gasteiger partial charge is 0.372 e. The van der Waals surface area contributed by atoms with Crippen LogP contribution in [0.25, 0.3) is 11.3 Å². The summed E-state index contributed by atoms with van der Waals surface area (Å²) in [6.45, 7) is 7.27. The molecule has 23 heavy (non-hydrogen) atoms. The monoisotopic (exact) mass is 331 g/mol. The van der Waals surface area contributed by atoms with Gasteiger partial charge in [-0.3, -0.25) is 0 Å². The molecule has 2 aromatic rings. The van der Waals surface area contributed by atoms with Gasteiger partial charge in [-0.25, -0.2) is 0 Å². The lowest BCUT2D eigenvalue weighted by Crippen LogP contribution is -1.98. The summed E-state index contributed by atoms with van der Waals surface area (Å²) in [6.07, 6.45) is 4.40. The topological polar surface area (TPSA) is 35.3 Å². The summed E-state index contributed by atoms with van der Waals surface area (Å²) in [5, 5.41) is 5.03. The van der Waals surface area contributed by atoms with Crippen LogP contribution < -0.4 is 0 Å². The molecule has 3 rings (SSSR count). The van der Waals surface area contributed by atoms with Crippen LogP contribution in [0.4, 0.5) is 0 Å². The first-order valence-corrected chi connectivity index (χ1v) is 8.40. The summed E-state index contributed by atoms with van der Waals surface area (Å²) >= 11 is 6.41. The molecular weight excluding hydrogens is 310 g/mol. The SMILES string of the molecule is CC(C)=CCOCc1c(-c2c(C)cccc2Cl)noc1C1CC1. The van der Waals surface area contributed by atoms with E-state index in [9.17, 15) is 0 Å². The van der Waals surface area contributed by atoms with E-state index in [0.29, 0.717) is 24.2 Å². The van der Waals surface area contributed by atoms with E-state index in [1.165, 1.54) is 5.57 Å². The van der Waals surface area contributed by atoms with Gasteiger partial charge in [-0.15, -0.1) is 0 Å². The fourth-order valence-corrected chi connectivity index (χ4v) is 2.95. The van der Waals surface area contributed by atoms with E-state index in [-0.39, 0.29) is 0 Å². The Morgan fingerprint density at radius 1 is 1.39 bits per heavy atom. The van der Waals surface area contributed by atoms with Gasteiger partial charge in [-0.05, 0) is 45.2 Å². The molecule has 0 spiro atoms. The molecule has 0 saturated heterocycles. The molecular formula is C19H22ClNO2. The van der Waals surface area contributed by atoms with Crippen molar-refractivity contribution in [2.75, 3.05) is 6.61 Å². The molecule has 3 nitrogen and oxygen atoms in total. The van der Waals surface area contributed by atoms with Crippen molar-refractivity contribution in [1.82, 2.24) is 5.16 Å². The molecule has 1 aromatic carbocycles. The average molecular weight is 332 g/mol. The number of rotatable bonds is 6. The third-order valence-corrected chi connectivity index (χ3v) is 4.40. The Bertz CT molecular complexity index is 705. The van der Waals surface area contributed by atoms with Crippen molar-refractivity contribution >= 4 is 11.6 Å². The number of nitrogens with zero attached hydrogens (tertiary/aromatic N) is 1. The number of halogens is 1. The summed E-state index contributed by atoms with van der Waals surface area (Å²) < 4.78 is 11.5. The van der Waals surface area contributed by atoms with Crippen LogP contribution in [0, 0.1) is 6.92 Å². The Morgan fingerprint density at radius 2 is 2.17 bits per heavy atom. The maximum atomic E-state index is 6.41. The lowest BCUT2D eigenvalue weighted by atomic mass is 10.0. The van der Waals surface area contributed by atoms with Gasteiger partial charge in [0.25, 0.3) is 0 Å². The smallest absolute Gasteiger partial charge is 0.145 e. The molecule has 1 aliphatic carbocycles. The molecule has 4 heteroatoms. The number of benzene rings is 1. The molecule has 0 radical (unpaired) electrons. The fraction of sp³-hybridized carbons (Fsp3) is 0.421. The van der Waals surface area contributed by atoms with E-state index in [2.05, 4.69) is 25.1 Å². The molecule has 0 unspecified atom stereocenters. The highest BCUT2D eigenvalue weighted by atomic mass is 35.5. The number of aryl methyl sites for hydroxylation is 1. The van der Waals surface area contributed by atoms with Crippen LogP contribution in [-0.4, -0.2) is 11.8 Å². The van der Waals surface area contributed by atoms with Crippen LogP contribution in [0.2, 0.25) is 5.02 Å². The predicted molar refractivity (Wildman–Crippen MR) is 92.7 cm³/mol. The maximum absolute atomic E-state index is 6.41. The summed E-state index contributed by atoms with van der Waals surface area (Å²) in [7, 11) is 0. The third-order valence-electron chi connectivity index (χ3n) is 4.08. The fourth-order valence-electron chi connectivity index (χ4n) is 2.64. The van der Waals surface area contributed by atoms with Crippen LogP contribution in [0.5, 0.6) is 0 Å². The van der Waals surface area contributed by atoms with Crippen LogP contribution in [-0.2, 0) is 11.3 Å². The van der Waals surface area contributed by atoms with E-state index < -0.39 is 0 Å². The van der Waals surface area contributed by atoms with E-state index in [4.69, 9.17) is 20.9 Å². The van der Waals surface area contributed by atoms with E-state index >= 15 is 0 Å². The van der Waals surface area contributed by atoms with Crippen molar-refractivity contribution in [2.24, 2.45) is 0 Å². The molecule has 0 amide bonds. The molecule has 0 atom stereocenters. The molecule has 122 valence electrons. The lowest BCUT2D eigenvalue weighted by molar-refractivity contribution is 0.147. The maximum Gasteiger partial charge on any atom is 0.145 e. The summed E-state index contributed by atoms with van der Waals surface area (Å²) in [5.74, 6) is 1.46. The summed E-state index contributed by atoms with van der Waals surface area (Å²) in [4.78, 5) is 0. The Balaban J connectivity index is 1.92. The zero-order valence-electron chi connectivity index (χ0n) is 13.9. The van der Waals surface area contributed by atoms with Gasteiger partial charge in [-0.1, -0.05) is 40.5 Å². The first kappa shape index (κ1) is 16.3. The van der Waals surface area contributed by atoms with Crippen molar-refractivity contribution in [1.29, 1.82) is 0 Å². The van der Waals surface area contributed by atoms with Crippen molar-refractivity contribution in [3.8, 4) is 11.3 Å². The van der Waals surface area contributed by atoms with Crippen molar-refractivity contribution in [3.05, 3.63) is 51.8 Å². The number of ether oxygens (including phenoxy) is 1. The molecule has 1 aromatic heterocycles. The average Bonchev–Trinajstić information content (AvgIpc) is 3.26. The highest BCUT2D eigenvalue weighted by molar-refractivity contribution is 6.33. The highest BCUT2D eigenvalue weighted by Gasteiger charge is 2.33. The zero-order valence-corrected chi connectivity index (χ0v) is 14.6. The Labute approximate surface area is 142 Å². The van der Waals surface area contributed by atoms with Crippen molar-refractivity contribution in [2.45, 2.75) is 46.1 Å². The second-order valence-corrected chi connectivity index (χ2v) is 6.78. The normalized spacial score (nSPS) is 14.1. The van der Waals surface area contributed by atoms with Crippen molar-refractivity contribution < 1.29 is 9.26 Å². The van der Waals surface area contributed by atoms with Crippen molar-refractivity contribution in [3.63, 3.8) is 0 Å². The van der Waals surface area contributed by atoms with E-state index in [1.807, 2.05) is 25.1 Å². The number of hydrogen-bond donors (Lipinski definition) is 0. The van der Waals surface area contributed by atoms with E-state index in [1.54, 1.807) is 0 Å². The zero-order chi connectivity index (χ0) is 16.4. The first-order chi connectivity index (χ1) is 11.1. The predicted octanol–water partition coefficient (Wildman–Crippen LogP) is 5.66. The number of aromatic nitrogens is 1. The molecule has 1 saturated carbocycles. The van der Waals surface area contributed by atoms with Gasteiger partial charge >= 0.3 is 0 Å². The van der Waals surface area contributed by atoms with Gasteiger partial charge in [0.2, 0.25) is 0 Å². The number of allylic oxidation sites excluding steroid dienone is 1. The highest BCUT2D eigenvalue weighted by Crippen LogP contribution is 2.45. The van der Waals surface area contributed by atoms with Gasteiger partial charge in [0.05, 0.1) is 18.2 Å². The van der Waals surface area contributed by atoms with Gasteiger partial charge in [0.1, 0.15) is 11.5 Å².